The first kappa shape index (κ1) is 32.7. The molecule has 1 aliphatic rings. The summed E-state index contributed by atoms with van der Waals surface area (Å²) in [7, 11) is 0. The van der Waals surface area contributed by atoms with E-state index in [0.717, 1.165) is 0 Å². The van der Waals surface area contributed by atoms with Gasteiger partial charge in [-0.3, -0.25) is 24.6 Å². The smallest absolute Gasteiger partial charge is 0.410 e. The number of fused-ring (bicyclic) bond motifs is 1. The van der Waals surface area contributed by atoms with Crippen molar-refractivity contribution in [1.82, 2.24) is 9.88 Å². The van der Waals surface area contributed by atoms with Crippen molar-refractivity contribution in [3.8, 4) is 5.75 Å². The summed E-state index contributed by atoms with van der Waals surface area (Å²) < 4.78 is 16.2. The molecule has 0 radical (unpaired) electrons. The summed E-state index contributed by atoms with van der Waals surface area (Å²) in [6.07, 6.45) is 2.30. The molecule has 1 N–H and O–H groups in total. The number of non-ortho nitro benzene ring substituents is 1. The fourth-order valence-corrected chi connectivity index (χ4v) is 5.03. The van der Waals surface area contributed by atoms with Crippen molar-refractivity contribution in [2.24, 2.45) is 5.92 Å². The van der Waals surface area contributed by atoms with Crippen LogP contribution in [-0.4, -0.2) is 63.7 Å². The zero-order valence-corrected chi connectivity index (χ0v) is 24.9. The van der Waals surface area contributed by atoms with Crippen LogP contribution >= 0.6 is 12.6 Å². The number of thiol groups is 1. The number of hydrogen-bond acceptors (Lipinski definition) is 10. The second-order valence-corrected chi connectivity index (χ2v) is 10.6. The Morgan fingerprint density at radius 3 is 2.47 bits per heavy atom. The molecule has 0 saturated carbocycles. The molecular weight excluding hydrogens is 604 g/mol. The molecular formula is C31H30N4O9S. The quantitative estimate of drug-likeness (QED) is 0.0871. The summed E-state index contributed by atoms with van der Waals surface area (Å²) in [5.41, 5.74) is 0.793. The minimum atomic E-state index is -1.07. The molecule has 0 aliphatic carbocycles. The Morgan fingerprint density at radius 2 is 1.80 bits per heavy atom. The molecule has 13 nitrogen and oxygen atoms in total. The number of esters is 1. The number of anilines is 1. The molecule has 1 fully saturated rings. The second kappa shape index (κ2) is 15.0. The monoisotopic (exact) mass is 634 g/mol. The lowest BCUT2D eigenvalue weighted by Crippen LogP contribution is -2.43. The van der Waals surface area contributed by atoms with E-state index in [2.05, 4.69) is 36.1 Å². The largest absolute Gasteiger partial charge is 0.490 e. The lowest BCUT2D eigenvalue weighted by Gasteiger charge is -2.23. The first-order chi connectivity index (χ1) is 21.6. The molecule has 0 bridgehead atoms. The molecule has 234 valence electrons. The van der Waals surface area contributed by atoms with Gasteiger partial charge in [-0.1, -0.05) is 25.3 Å². The van der Waals surface area contributed by atoms with Gasteiger partial charge >= 0.3 is 12.1 Å². The van der Waals surface area contributed by atoms with Crippen molar-refractivity contribution in [2.45, 2.75) is 25.5 Å². The Balaban J connectivity index is 1.58. The molecule has 2 atom stereocenters. The van der Waals surface area contributed by atoms with Crippen molar-refractivity contribution >= 4 is 58.1 Å². The standard InChI is InChI=1S/C31H30N4O9S/c1-3-11-42-23-9-10-25-21(15-23)16-24(30(38)43-12-4-2)28(32-25)33-29(37)26-13-20(14-27(36)45)17-34(26)31(39)44-18-19-5-7-22(8-6-19)35(40)41/h3-10,15-16,20,26H,1-2,11-14,17-18H2,(H,36,45)(H,32,33,37)/t20-,26-/m0/s1. The number of ether oxygens (including phenoxy) is 3. The van der Waals surface area contributed by atoms with Crippen molar-refractivity contribution in [3.05, 3.63) is 95.1 Å². The SMILES string of the molecule is C=CCOC(=O)c1cc2cc(OCC=C)ccc2nc1NC(=O)[C@@H]1C[C@@H](CC(=O)S)CN1C(=O)OCc1ccc([N+](=O)[O-])cc1. The van der Waals surface area contributed by atoms with Crippen LogP contribution in [0.4, 0.5) is 16.3 Å². The van der Waals surface area contributed by atoms with E-state index in [4.69, 9.17) is 14.2 Å². The number of aromatic nitrogens is 1. The molecule has 14 heteroatoms. The summed E-state index contributed by atoms with van der Waals surface area (Å²) in [5.74, 6) is -1.37. The Labute approximate surface area is 263 Å². The topological polar surface area (TPSA) is 167 Å². The maximum absolute atomic E-state index is 13.7. The van der Waals surface area contributed by atoms with Crippen LogP contribution in [-0.2, 0) is 25.7 Å². The van der Waals surface area contributed by atoms with E-state index in [0.29, 0.717) is 22.2 Å². The third-order valence-electron chi connectivity index (χ3n) is 6.85. The Hall–Kier alpha value is -5.24. The molecule has 2 aromatic carbocycles. The number of nitro groups is 1. The van der Waals surface area contributed by atoms with Crippen LogP contribution in [0.5, 0.6) is 5.75 Å². The number of amides is 2. The number of benzene rings is 2. The van der Waals surface area contributed by atoms with E-state index in [1.165, 1.54) is 41.3 Å². The summed E-state index contributed by atoms with van der Waals surface area (Å²) >= 11 is 3.85. The summed E-state index contributed by atoms with van der Waals surface area (Å²) in [4.78, 5) is 67.6. The van der Waals surface area contributed by atoms with Gasteiger partial charge in [0.25, 0.3) is 5.69 Å². The maximum atomic E-state index is 13.7. The van der Waals surface area contributed by atoms with Gasteiger partial charge in [0.15, 0.2) is 5.12 Å². The Kier molecular flexibility index (Phi) is 10.9. The normalized spacial score (nSPS) is 15.6. The highest BCUT2D eigenvalue weighted by molar-refractivity contribution is 7.96. The number of nitrogens with zero attached hydrogens (tertiary/aromatic N) is 3. The number of likely N-dealkylation sites (tertiary alicyclic amines) is 1. The third kappa shape index (κ3) is 8.44. The van der Waals surface area contributed by atoms with Crippen LogP contribution in [0, 0.1) is 16.0 Å². The zero-order chi connectivity index (χ0) is 32.5. The van der Waals surface area contributed by atoms with E-state index < -0.39 is 34.1 Å². The lowest BCUT2D eigenvalue weighted by molar-refractivity contribution is -0.384. The number of nitro benzene ring substituents is 1. The van der Waals surface area contributed by atoms with Crippen LogP contribution in [0.15, 0.2) is 73.8 Å². The van der Waals surface area contributed by atoms with E-state index in [1.807, 2.05) is 0 Å². The average Bonchev–Trinajstić information content (AvgIpc) is 3.44. The first-order valence-electron chi connectivity index (χ1n) is 13.8. The summed E-state index contributed by atoms with van der Waals surface area (Å²) in [6.45, 7) is 7.19. The van der Waals surface area contributed by atoms with Gasteiger partial charge in [0.05, 0.1) is 10.4 Å². The summed E-state index contributed by atoms with van der Waals surface area (Å²) in [5, 5.41) is 13.7. The van der Waals surface area contributed by atoms with E-state index in [1.54, 1.807) is 24.3 Å². The molecule has 1 saturated heterocycles. The number of hydrogen-bond donors (Lipinski definition) is 2. The number of pyridine rings is 1. The molecule has 0 spiro atoms. The molecule has 1 aromatic heterocycles. The minimum absolute atomic E-state index is 0.0165. The van der Waals surface area contributed by atoms with Gasteiger partial charge < -0.3 is 19.5 Å². The van der Waals surface area contributed by atoms with Crippen LogP contribution in [0.1, 0.15) is 28.8 Å². The predicted molar refractivity (Wildman–Crippen MR) is 167 cm³/mol. The highest BCUT2D eigenvalue weighted by Gasteiger charge is 2.41. The summed E-state index contributed by atoms with van der Waals surface area (Å²) in [6, 6.07) is 10.9. The Morgan fingerprint density at radius 1 is 1.07 bits per heavy atom. The van der Waals surface area contributed by atoms with Gasteiger partial charge in [-0.15, -0.1) is 12.6 Å². The molecule has 4 rings (SSSR count). The van der Waals surface area contributed by atoms with Gasteiger partial charge in [0.1, 0.15) is 43.0 Å². The van der Waals surface area contributed by atoms with Crippen molar-refractivity contribution < 1.29 is 38.3 Å². The van der Waals surface area contributed by atoms with Gasteiger partial charge in [0.2, 0.25) is 5.91 Å². The van der Waals surface area contributed by atoms with E-state index >= 15 is 0 Å². The molecule has 1 aliphatic heterocycles. The van der Waals surface area contributed by atoms with Gasteiger partial charge in [-0.25, -0.2) is 14.6 Å². The maximum Gasteiger partial charge on any atom is 0.410 e. The van der Waals surface area contributed by atoms with Crippen LogP contribution in [0.3, 0.4) is 0 Å². The number of carbonyl (C=O) groups is 4. The Bertz CT molecular complexity index is 1640. The highest BCUT2D eigenvalue weighted by atomic mass is 32.1. The van der Waals surface area contributed by atoms with Crippen molar-refractivity contribution in [2.75, 3.05) is 25.1 Å². The van der Waals surface area contributed by atoms with Crippen molar-refractivity contribution in [1.29, 1.82) is 0 Å². The van der Waals surface area contributed by atoms with Crippen LogP contribution in [0.25, 0.3) is 10.9 Å². The fraction of sp³-hybridized carbons (Fsp3) is 0.258. The molecule has 2 amide bonds. The second-order valence-electron chi connectivity index (χ2n) is 10.1. The number of rotatable bonds is 13. The van der Waals surface area contributed by atoms with Crippen LogP contribution in [0.2, 0.25) is 0 Å². The highest BCUT2D eigenvalue weighted by Crippen LogP contribution is 2.30. The van der Waals surface area contributed by atoms with Gasteiger partial charge in [0, 0.05) is 30.5 Å². The first-order valence-corrected chi connectivity index (χ1v) is 14.2. The molecule has 3 aromatic rings. The van der Waals surface area contributed by atoms with E-state index in [9.17, 15) is 29.3 Å². The number of nitrogens with one attached hydrogen (secondary N) is 1. The lowest BCUT2D eigenvalue weighted by atomic mass is 10.0. The van der Waals surface area contributed by atoms with Crippen molar-refractivity contribution in [3.63, 3.8) is 0 Å². The predicted octanol–water partition coefficient (Wildman–Crippen LogP) is 4.86. The molecule has 45 heavy (non-hydrogen) atoms. The molecule has 0 unspecified atom stereocenters. The fourth-order valence-electron chi connectivity index (χ4n) is 4.77. The van der Waals surface area contributed by atoms with Gasteiger partial charge in [-0.2, -0.15) is 0 Å². The number of carbonyl (C=O) groups excluding carboxylic acids is 4. The van der Waals surface area contributed by atoms with Gasteiger partial charge in [-0.05, 0) is 54.3 Å². The third-order valence-corrected chi connectivity index (χ3v) is 7.03. The van der Waals surface area contributed by atoms with E-state index in [-0.39, 0.29) is 62.2 Å². The zero-order valence-electron chi connectivity index (χ0n) is 24.0. The van der Waals surface area contributed by atoms with Crippen LogP contribution < -0.4 is 10.1 Å². The average molecular weight is 635 g/mol. The molecule has 2 heterocycles. The minimum Gasteiger partial charge on any atom is -0.490 e.